The van der Waals surface area contributed by atoms with E-state index in [0.717, 1.165) is 51.4 Å². The third-order valence-electron chi connectivity index (χ3n) is 4.87. The van der Waals surface area contributed by atoms with Gasteiger partial charge in [0.05, 0.1) is 0 Å². The maximum Gasteiger partial charge on any atom is 0.368 e. The highest BCUT2D eigenvalue weighted by atomic mass is 16.5. The van der Waals surface area contributed by atoms with Gasteiger partial charge in [0.15, 0.2) is 5.60 Å². The molecule has 1 saturated heterocycles. The fourth-order valence-electron chi connectivity index (χ4n) is 3.94. The Kier molecular flexibility index (Phi) is 2.87. The highest BCUT2D eigenvalue weighted by molar-refractivity contribution is 6.45. The number of hydrogen-bond acceptors (Lipinski definition) is 2. The van der Waals surface area contributed by atoms with E-state index in [2.05, 4.69) is 4.79 Å². The molecule has 2 saturated carbocycles. The summed E-state index contributed by atoms with van der Waals surface area (Å²) in [6.45, 7) is 0. The third kappa shape index (κ3) is 1.59. The van der Waals surface area contributed by atoms with Crippen LogP contribution in [-0.2, 0) is 9.53 Å². The Bertz CT molecular complexity index is 412. The molecule has 18 heavy (non-hydrogen) atoms. The summed E-state index contributed by atoms with van der Waals surface area (Å²) in [4.78, 5) is 15.9. The van der Waals surface area contributed by atoms with Gasteiger partial charge in [0.2, 0.25) is 0 Å². The van der Waals surface area contributed by atoms with Crippen LogP contribution in [0.4, 0.5) is 0 Å². The Hall–Kier alpha value is -0.990. The number of carbonyl (C=O) groups is 1. The van der Waals surface area contributed by atoms with Gasteiger partial charge in [0.25, 0.3) is 5.78 Å². The number of Topliss-reactive ketones (excluding diaryl/α,β-unsaturated/α-hetero) is 1. The molecule has 0 amide bonds. The lowest BCUT2D eigenvalue weighted by atomic mass is 9.78. The number of ether oxygens (including phenoxy) is 1. The quantitative estimate of drug-likeness (QED) is 0.488. The van der Waals surface area contributed by atoms with Crippen molar-refractivity contribution in [3.8, 4) is 0 Å². The molecule has 0 aromatic rings. The molecule has 3 rings (SSSR count). The molecule has 0 bridgehead atoms. The third-order valence-corrected chi connectivity index (χ3v) is 4.87. The summed E-state index contributed by atoms with van der Waals surface area (Å²) in [6, 6.07) is 0. The minimum Gasteiger partial charge on any atom is -0.361 e. The first kappa shape index (κ1) is 12.1. The van der Waals surface area contributed by atoms with Crippen molar-refractivity contribution in [1.82, 2.24) is 0 Å². The van der Waals surface area contributed by atoms with Crippen molar-refractivity contribution in [3.05, 3.63) is 5.53 Å². The van der Waals surface area contributed by atoms with Gasteiger partial charge in [-0.25, -0.2) is 0 Å². The summed E-state index contributed by atoms with van der Waals surface area (Å²) in [5, 5.41) is 0. The average molecular weight is 248 g/mol. The summed E-state index contributed by atoms with van der Waals surface area (Å²) in [5.74, 6) is -0.0356. The van der Waals surface area contributed by atoms with Crippen LogP contribution in [0.3, 0.4) is 0 Å². The Morgan fingerprint density at radius 3 is 1.89 bits per heavy atom. The lowest BCUT2D eigenvalue weighted by Gasteiger charge is -2.35. The van der Waals surface area contributed by atoms with Crippen molar-refractivity contribution in [2.75, 3.05) is 0 Å². The summed E-state index contributed by atoms with van der Waals surface area (Å²) >= 11 is 0. The molecule has 1 heterocycles. The number of ketones is 1. The van der Waals surface area contributed by atoms with Gasteiger partial charge in [0, 0.05) is 0 Å². The smallest absolute Gasteiger partial charge is 0.361 e. The first-order chi connectivity index (χ1) is 8.72. The second-order valence-electron chi connectivity index (χ2n) is 5.99. The van der Waals surface area contributed by atoms with Gasteiger partial charge in [-0.15, -0.1) is 0 Å². The van der Waals surface area contributed by atoms with Crippen molar-refractivity contribution in [1.29, 1.82) is 0 Å². The number of rotatable bonds is 0. The minimum atomic E-state index is -0.656. The molecule has 98 valence electrons. The predicted octanol–water partition coefficient (Wildman–Crippen LogP) is 2.66. The first-order valence-electron chi connectivity index (χ1n) is 7.20. The SMILES string of the molecule is [N-]=[N+]=C1C(=O)C2(CCCCC2)OC12CCCCC2. The Morgan fingerprint density at radius 1 is 0.889 bits per heavy atom. The fourth-order valence-corrected chi connectivity index (χ4v) is 3.94. The summed E-state index contributed by atoms with van der Waals surface area (Å²) in [7, 11) is 0. The van der Waals surface area contributed by atoms with Crippen molar-refractivity contribution in [2.24, 2.45) is 0 Å². The number of hydrogen-bond donors (Lipinski definition) is 0. The maximum absolute atomic E-state index is 12.6. The largest absolute Gasteiger partial charge is 0.368 e. The number of carbonyl (C=O) groups excluding carboxylic acids is 1. The van der Waals surface area contributed by atoms with Gasteiger partial charge in [-0.3, -0.25) is 4.79 Å². The molecule has 0 atom stereocenters. The lowest BCUT2D eigenvalue weighted by molar-refractivity contribution is -0.151. The van der Waals surface area contributed by atoms with E-state index in [9.17, 15) is 10.3 Å². The second-order valence-corrected chi connectivity index (χ2v) is 5.99. The maximum atomic E-state index is 12.6. The zero-order valence-electron chi connectivity index (χ0n) is 10.8. The molecule has 1 aliphatic heterocycles. The average Bonchev–Trinajstić information content (AvgIpc) is 2.60. The Balaban J connectivity index is 1.98. The van der Waals surface area contributed by atoms with Crippen LogP contribution in [0.1, 0.15) is 64.2 Å². The van der Waals surface area contributed by atoms with Crippen LogP contribution in [0, 0.1) is 0 Å². The van der Waals surface area contributed by atoms with Gasteiger partial charge in [-0.2, -0.15) is 4.79 Å². The summed E-state index contributed by atoms with van der Waals surface area (Å²) in [5.41, 5.74) is 8.34. The highest BCUT2D eigenvalue weighted by Gasteiger charge is 2.65. The van der Waals surface area contributed by atoms with Gasteiger partial charge in [0.1, 0.15) is 5.60 Å². The predicted molar refractivity (Wildman–Crippen MR) is 66.4 cm³/mol. The minimum absolute atomic E-state index is 0.0356. The van der Waals surface area contributed by atoms with E-state index in [1.165, 1.54) is 12.8 Å². The highest BCUT2D eigenvalue weighted by Crippen LogP contribution is 2.47. The van der Waals surface area contributed by atoms with Gasteiger partial charge in [-0.1, -0.05) is 25.7 Å². The molecule has 4 heteroatoms. The van der Waals surface area contributed by atoms with Crippen LogP contribution in [-0.4, -0.2) is 27.5 Å². The molecule has 0 aromatic carbocycles. The topological polar surface area (TPSA) is 62.7 Å². The summed E-state index contributed by atoms with van der Waals surface area (Å²) < 4.78 is 6.29. The number of nitrogens with zero attached hydrogens (tertiary/aromatic N) is 2. The van der Waals surface area contributed by atoms with E-state index in [-0.39, 0.29) is 5.78 Å². The molecule has 2 spiro atoms. The zero-order chi connectivity index (χ0) is 12.6. The molecule has 0 radical (unpaired) electrons. The molecule has 0 N–H and O–H groups in total. The van der Waals surface area contributed by atoms with Crippen LogP contribution in [0.2, 0.25) is 0 Å². The molecule has 0 unspecified atom stereocenters. The van der Waals surface area contributed by atoms with Crippen molar-refractivity contribution >= 4 is 11.5 Å². The lowest BCUT2D eigenvalue weighted by Crippen LogP contribution is -2.41. The monoisotopic (exact) mass is 248 g/mol. The molecule has 4 nitrogen and oxygen atoms in total. The molecular formula is C14H20N2O2. The molecule has 2 aliphatic carbocycles. The van der Waals surface area contributed by atoms with Crippen molar-refractivity contribution in [3.63, 3.8) is 0 Å². The summed E-state index contributed by atoms with van der Waals surface area (Å²) in [6.07, 6.45) is 9.83. The van der Waals surface area contributed by atoms with Crippen LogP contribution in [0.5, 0.6) is 0 Å². The molecular weight excluding hydrogens is 228 g/mol. The van der Waals surface area contributed by atoms with Crippen molar-refractivity contribution < 1.29 is 14.3 Å². The normalized spacial score (nSPS) is 29.8. The van der Waals surface area contributed by atoms with Gasteiger partial charge in [-0.05, 0) is 38.5 Å². The van der Waals surface area contributed by atoms with Crippen molar-refractivity contribution in [2.45, 2.75) is 75.4 Å². The molecule has 3 aliphatic rings. The van der Waals surface area contributed by atoms with E-state index < -0.39 is 11.2 Å². The van der Waals surface area contributed by atoms with Gasteiger partial charge < -0.3 is 10.3 Å². The Morgan fingerprint density at radius 2 is 1.39 bits per heavy atom. The van der Waals surface area contributed by atoms with Crippen LogP contribution < -0.4 is 0 Å². The van der Waals surface area contributed by atoms with E-state index in [4.69, 9.17) is 4.74 Å². The second kappa shape index (κ2) is 4.29. The van der Waals surface area contributed by atoms with E-state index in [1.54, 1.807) is 0 Å². The Labute approximate surface area is 107 Å². The van der Waals surface area contributed by atoms with Crippen LogP contribution in [0.25, 0.3) is 5.53 Å². The molecule has 0 aromatic heterocycles. The van der Waals surface area contributed by atoms with Crippen LogP contribution >= 0.6 is 0 Å². The first-order valence-corrected chi connectivity index (χ1v) is 7.20. The van der Waals surface area contributed by atoms with E-state index >= 15 is 0 Å². The van der Waals surface area contributed by atoms with Gasteiger partial charge >= 0.3 is 5.71 Å². The van der Waals surface area contributed by atoms with E-state index in [0.29, 0.717) is 5.71 Å². The fraction of sp³-hybridized carbons (Fsp3) is 0.857. The standard InChI is InChI=1S/C14H20N2O2/c15-16-11-12(17)14(9-5-2-6-10-14)18-13(11)7-3-1-4-8-13/h1-10H2. The molecule has 3 fully saturated rings. The van der Waals surface area contributed by atoms with E-state index in [1.807, 2.05) is 0 Å². The van der Waals surface area contributed by atoms with Crippen LogP contribution in [0.15, 0.2) is 0 Å². The zero-order valence-corrected chi connectivity index (χ0v) is 10.8.